The number of aromatic nitrogens is 2. The summed E-state index contributed by atoms with van der Waals surface area (Å²) in [6.45, 7) is 0. The van der Waals surface area contributed by atoms with Crippen molar-refractivity contribution in [1.29, 1.82) is 0 Å². The maximum Gasteiger partial charge on any atom is 0.264 e. The van der Waals surface area contributed by atoms with E-state index in [1.807, 2.05) is 46.1 Å². The Hall–Kier alpha value is 0.310. The van der Waals surface area contributed by atoms with Gasteiger partial charge >= 0.3 is 0 Å². The molecular formula is C8H9IN2OS2. The second kappa shape index (κ2) is 4.89. The molecule has 1 atom stereocenters. The minimum Gasteiger partial charge on any atom is -0.309 e. The van der Waals surface area contributed by atoms with Gasteiger partial charge in [-0.3, -0.25) is 4.79 Å². The number of nitrogens with one attached hydrogen (secondary N) is 1. The Balaban J connectivity index is 2.23. The molecule has 2 heterocycles. The van der Waals surface area contributed by atoms with E-state index in [-0.39, 0.29) is 5.56 Å². The minimum absolute atomic E-state index is 0.0215. The summed E-state index contributed by atoms with van der Waals surface area (Å²) >= 11 is 5.79. The number of nitrogens with zero attached hydrogens (tertiary/aromatic N) is 1. The highest BCUT2D eigenvalue weighted by molar-refractivity contribution is 14.1. The zero-order valence-corrected chi connectivity index (χ0v) is 11.1. The number of hydrogen-bond donors (Lipinski definition) is 1. The van der Waals surface area contributed by atoms with Gasteiger partial charge in [0.25, 0.3) is 5.56 Å². The molecule has 0 saturated carbocycles. The average molecular weight is 340 g/mol. The van der Waals surface area contributed by atoms with E-state index < -0.39 is 0 Å². The fourth-order valence-electron chi connectivity index (χ4n) is 1.20. The molecule has 2 rings (SSSR count). The van der Waals surface area contributed by atoms with Gasteiger partial charge in [-0.2, -0.15) is 11.8 Å². The van der Waals surface area contributed by atoms with Crippen molar-refractivity contribution in [2.75, 3.05) is 17.3 Å². The molecule has 1 unspecified atom stereocenters. The molecule has 14 heavy (non-hydrogen) atoms. The molecule has 6 heteroatoms. The summed E-state index contributed by atoms with van der Waals surface area (Å²) in [5.41, 5.74) is -0.0215. The fourth-order valence-corrected chi connectivity index (χ4v) is 4.11. The molecule has 1 aliphatic heterocycles. The van der Waals surface area contributed by atoms with Gasteiger partial charge in [-0.05, 0) is 22.6 Å². The SMILES string of the molecule is O=c1[nH]c(C2CSCCS2)ncc1I. The highest BCUT2D eigenvalue weighted by atomic mass is 127. The molecule has 0 radical (unpaired) electrons. The molecule has 0 aliphatic carbocycles. The Morgan fingerprint density at radius 3 is 3.07 bits per heavy atom. The Bertz CT molecular complexity index is 376. The van der Waals surface area contributed by atoms with Crippen molar-refractivity contribution in [3.63, 3.8) is 0 Å². The molecule has 1 aromatic rings. The molecule has 0 spiro atoms. The lowest BCUT2D eigenvalue weighted by Gasteiger charge is -2.19. The van der Waals surface area contributed by atoms with Gasteiger partial charge in [0.2, 0.25) is 0 Å². The van der Waals surface area contributed by atoms with Gasteiger partial charge in [-0.25, -0.2) is 4.98 Å². The van der Waals surface area contributed by atoms with Crippen LogP contribution in [0.5, 0.6) is 0 Å². The maximum atomic E-state index is 11.4. The third-order valence-corrected chi connectivity index (χ3v) is 5.43. The van der Waals surface area contributed by atoms with Crippen LogP contribution in [-0.2, 0) is 0 Å². The van der Waals surface area contributed by atoms with Gasteiger partial charge in [0.05, 0.1) is 8.82 Å². The first kappa shape index (κ1) is 10.8. The molecule has 1 aliphatic rings. The van der Waals surface area contributed by atoms with Gasteiger partial charge in [0.1, 0.15) is 5.82 Å². The van der Waals surface area contributed by atoms with E-state index in [1.165, 1.54) is 5.75 Å². The topological polar surface area (TPSA) is 45.8 Å². The summed E-state index contributed by atoms with van der Waals surface area (Å²) in [5, 5.41) is 0.360. The Kier molecular flexibility index (Phi) is 3.78. The lowest BCUT2D eigenvalue weighted by atomic mass is 10.4. The number of thioether (sulfide) groups is 2. The summed E-state index contributed by atoms with van der Waals surface area (Å²) < 4.78 is 0.653. The quantitative estimate of drug-likeness (QED) is 0.794. The summed E-state index contributed by atoms with van der Waals surface area (Å²) in [4.78, 5) is 18.5. The van der Waals surface area contributed by atoms with Crippen LogP contribution in [-0.4, -0.2) is 27.2 Å². The smallest absolute Gasteiger partial charge is 0.264 e. The van der Waals surface area contributed by atoms with Gasteiger partial charge in [-0.15, -0.1) is 11.8 Å². The monoisotopic (exact) mass is 340 g/mol. The molecule has 1 N–H and O–H groups in total. The van der Waals surface area contributed by atoms with Crippen LogP contribution >= 0.6 is 46.1 Å². The van der Waals surface area contributed by atoms with Gasteiger partial charge < -0.3 is 4.98 Å². The van der Waals surface area contributed by atoms with E-state index in [9.17, 15) is 4.79 Å². The highest BCUT2D eigenvalue weighted by Crippen LogP contribution is 2.34. The lowest BCUT2D eigenvalue weighted by Crippen LogP contribution is -2.18. The molecule has 0 aromatic carbocycles. The number of hydrogen-bond acceptors (Lipinski definition) is 4. The van der Waals surface area contributed by atoms with Gasteiger partial charge in [0, 0.05) is 23.5 Å². The van der Waals surface area contributed by atoms with Crippen LogP contribution in [0.3, 0.4) is 0 Å². The van der Waals surface area contributed by atoms with Crippen molar-refractivity contribution in [3.8, 4) is 0 Å². The van der Waals surface area contributed by atoms with E-state index >= 15 is 0 Å². The average Bonchev–Trinajstić information content (AvgIpc) is 2.23. The molecule has 1 aromatic heterocycles. The third kappa shape index (κ3) is 2.46. The second-order valence-electron chi connectivity index (χ2n) is 2.88. The largest absolute Gasteiger partial charge is 0.309 e. The van der Waals surface area contributed by atoms with Gasteiger partial charge in [0.15, 0.2) is 0 Å². The van der Waals surface area contributed by atoms with E-state index in [0.717, 1.165) is 17.3 Å². The Morgan fingerprint density at radius 1 is 1.57 bits per heavy atom. The molecule has 0 amide bonds. The second-order valence-corrected chi connectivity index (χ2v) is 6.50. The minimum atomic E-state index is -0.0215. The lowest BCUT2D eigenvalue weighted by molar-refractivity contribution is 0.899. The van der Waals surface area contributed by atoms with Crippen LogP contribution in [0.2, 0.25) is 0 Å². The predicted molar refractivity (Wildman–Crippen MR) is 70.1 cm³/mol. The highest BCUT2D eigenvalue weighted by Gasteiger charge is 2.18. The number of H-pyrrole nitrogens is 1. The van der Waals surface area contributed by atoms with Crippen molar-refractivity contribution < 1.29 is 0 Å². The first-order valence-corrected chi connectivity index (χ1v) is 7.49. The summed E-state index contributed by atoms with van der Waals surface area (Å²) in [5.74, 6) is 4.22. The van der Waals surface area contributed by atoms with Crippen LogP contribution in [0.4, 0.5) is 0 Å². The zero-order chi connectivity index (χ0) is 9.97. The van der Waals surface area contributed by atoms with Crippen molar-refractivity contribution >= 4 is 46.1 Å². The molecular weight excluding hydrogens is 331 g/mol. The van der Waals surface area contributed by atoms with Crippen LogP contribution in [0.15, 0.2) is 11.0 Å². The number of halogens is 1. The first-order valence-electron chi connectivity index (χ1n) is 4.21. The number of rotatable bonds is 1. The van der Waals surface area contributed by atoms with E-state index in [1.54, 1.807) is 6.20 Å². The van der Waals surface area contributed by atoms with Crippen LogP contribution in [0, 0.1) is 3.57 Å². The van der Waals surface area contributed by atoms with Crippen LogP contribution in [0.25, 0.3) is 0 Å². The van der Waals surface area contributed by atoms with Crippen LogP contribution in [0.1, 0.15) is 11.1 Å². The Morgan fingerprint density at radius 2 is 2.43 bits per heavy atom. The van der Waals surface area contributed by atoms with Crippen molar-refractivity contribution in [2.45, 2.75) is 5.25 Å². The summed E-state index contributed by atoms with van der Waals surface area (Å²) in [7, 11) is 0. The van der Waals surface area contributed by atoms with E-state index in [2.05, 4.69) is 9.97 Å². The third-order valence-electron chi connectivity index (χ3n) is 1.90. The van der Waals surface area contributed by atoms with E-state index in [4.69, 9.17) is 0 Å². The molecule has 76 valence electrons. The molecule has 3 nitrogen and oxygen atoms in total. The number of aromatic amines is 1. The van der Waals surface area contributed by atoms with Crippen molar-refractivity contribution in [2.24, 2.45) is 0 Å². The standard InChI is InChI=1S/C8H9IN2OS2/c9-5-3-10-7(11-8(5)12)6-4-13-1-2-14-6/h3,6H,1-2,4H2,(H,10,11,12). The molecule has 1 saturated heterocycles. The van der Waals surface area contributed by atoms with Crippen molar-refractivity contribution in [1.82, 2.24) is 9.97 Å². The molecule has 0 bridgehead atoms. The van der Waals surface area contributed by atoms with Crippen LogP contribution < -0.4 is 5.56 Å². The maximum absolute atomic E-state index is 11.4. The zero-order valence-electron chi connectivity index (χ0n) is 7.33. The predicted octanol–water partition coefficient (Wildman–Crippen LogP) is 1.90. The Labute approximate surface area is 104 Å². The first-order chi connectivity index (χ1) is 6.77. The summed E-state index contributed by atoms with van der Waals surface area (Å²) in [6.07, 6.45) is 1.65. The fraction of sp³-hybridized carbons (Fsp3) is 0.500. The van der Waals surface area contributed by atoms with E-state index in [0.29, 0.717) is 8.82 Å². The van der Waals surface area contributed by atoms with Crippen molar-refractivity contribution in [3.05, 3.63) is 25.9 Å². The molecule has 1 fully saturated rings. The summed E-state index contributed by atoms with van der Waals surface area (Å²) in [6, 6.07) is 0. The van der Waals surface area contributed by atoms with Gasteiger partial charge in [-0.1, -0.05) is 0 Å². The normalized spacial score (nSPS) is 22.2.